The van der Waals surface area contributed by atoms with Gasteiger partial charge in [-0.1, -0.05) is 6.07 Å². The Morgan fingerprint density at radius 2 is 2.00 bits per heavy atom. The number of amides is 2. The van der Waals surface area contributed by atoms with Gasteiger partial charge in [0.15, 0.2) is 0 Å². The van der Waals surface area contributed by atoms with Gasteiger partial charge in [-0.15, -0.1) is 0 Å². The van der Waals surface area contributed by atoms with Crippen LogP contribution in [-0.2, 0) is 0 Å². The molecular weight excluding hydrogens is 329 g/mol. The number of halogens is 1. The lowest BCUT2D eigenvalue weighted by Gasteiger charge is -2.11. The van der Waals surface area contributed by atoms with E-state index < -0.39 is 17.6 Å². The number of nitrogens with one attached hydrogen (secondary N) is 1. The molecule has 0 fully saturated rings. The van der Waals surface area contributed by atoms with Crippen LogP contribution in [0.3, 0.4) is 0 Å². The van der Waals surface area contributed by atoms with E-state index in [0.29, 0.717) is 11.3 Å². The van der Waals surface area contributed by atoms with Crippen molar-refractivity contribution in [2.75, 3.05) is 14.2 Å². The van der Waals surface area contributed by atoms with E-state index in [4.69, 9.17) is 9.94 Å². The lowest BCUT2D eigenvalue weighted by atomic mass is 10.1. The molecule has 0 unspecified atom stereocenters. The van der Waals surface area contributed by atoms with Gasteiger partial charge in [-0.05, 0) is 36.4 Å². The Morgan fingerprint density at radius 1 is 1.24 bits per heavy atom. The second-order valence-corrected chi connectivity index (χ2v) is 4.98. The van der Waals surface area contributed by atoms with Crippen molar-refractivity contribution in [3.8, 4) is 5.75 Å². The molecule has 0 aliphatic carbocycles. The third-order valence-electron chi connectivity index (χ3n) is 3.34. The molecule has 2 amide bonds. The molecule has 0 atom stereocenters. The van der Waals surface area contributed by atoms with E-state index in [1.54, 1.807) is 24.3 Å². The van der Waals surface area contributed by atoms with Crippen molar-refractivity contribution in [2.45, 2.75) is 0 Å². The fourth-order valence-electron chi connectivity index (χ4n) is 1.98. The first kappa shape index (κ1) is 18.1. The highest BCUT2D eigenvalue weighted by Gasteiger charge is 2.12. The van der Waals surface area contributed by atoms with E-state index in [-0.39, 0.29) is 11.1 Å². The van der Waals surface area contributed by atoms with Crippen LogP contribution in [-0.4, -0.2) is 42.4 Å². The Bertz CT molecular complexity index is 823. The van der Waals surface area contributed by atoms with Gasteiger partial charge in [-0.25, -0.2) is 14.9 Å². The van der Waals surface area contributed by atoms with Gasteiger partial charge in [-0.3, -0.25) is 14.8 Å². The number of hydrogen-bond donors (Lipinski definition) is 2. The van der Waals surface area contributed by atoms with E-state index >= 15 is 0 Å². The quantitative estimate of drug-likeness (QED) is 0.493. The summed E-state index contributed by atoms with van der Waals surface area (Å²) in [6.07, 6.45) is 1.16. The summed E-state index contributed by atoms with van der Waals surface area (Å²) in [7, 11) is 2.93. The summed E-state index contributed by atoms with van der Waals surface area (Å²) in [5.41, 5.74) is 1.83. The van der Waals surface area contributed by atoms with E-state index in [2.05, 4.69) is 5.10 Å². The first-order chi connectivity index (χ1) is 12.0. The number of carbonyl (C=O) groups is 2. The molecule has 0 saturated carbocycles. The smallest absolute Gasteiger partial charge is 0.274 e. The van der Waals surface area contributed by atoms with Crippen molar-refractivity contribution in [2.24, 2.45) is 5.10 Å². The highest BCUT2D eigenvalue weighted by Crippen LogP contribution is 2.14. The minimum Gasteiger partial charge on any atom is -0.497 e. The minimum atomic E-state index is -0.826. The molecule has 0 spiro atoms. The zero-order valence-electron chi connectivity index (χ0n) is 13.6. The molecular formula is C17H16FN3O4. The number of nitrogens with zero attached hydrogens (tertiary/aromatic N) is 2. The van der Waals surface area contributed by atoms with E-state index in [1.807, 2.05) is 0 Å². The molecule has 0 heterocycles. The van der Waals surface area contributed by atoms with Crippen molar-refractivity contribution in [1.29, 1.82) is 0 Å². The second kappa shape index (κ2) is 8.02. The zero-order valence-corrected chi connectivity index (χ0v) is 13.6. The number of carbonyl (C=O) groups excluding carboxylic acids is 2. The highest BCUT2D eigenvalue weighted by molar-refractivity contribution is 5.96. The van der Waals surface area contributed by atoms with Gasteiger partial charge >= 0.3 is 0 Å². The van der Waals surface area contributed by atoms with Gasteiger partial charge in [0.1, 0.15) is 11.6 Å². The second-order valence-electron chi connectivity index (χ2n) is 4.98. The van der Waals surface area contributed by atoms with Crippen molar-refractivity contribution >= 4 is 18.0 Å². The van der Waals surface area contributed by atoms with Crippen molar-refractivity contribution < 1.29 is 23.9 Å². The third-order valence-corrected chi connectivity index (χ3v) is 3.34. The van der Waals surface area contributed by atoms with Crippen LogP contribution < -0.4 is 10.2 Å². The molecule has 130 valence electrons. The number of methoxy groups -OCH3 is 1. The topological polar surface area (TPSA) is 91.2 Å². The lowest BCUT2D eigenvalue weighted by Crippen LogP contribution is -2.21. The lowest BCUT2D eigenvalue weighted by molar-refractivity contribution is 0.0705. The zero-order chi connectivity index (χ0) is 18.4. The predicted octanol–water partition coefficient (Wildman–Crippen LogP) is 2.06. The summed E-state index contributed by atoms with van der Waals surface area (Å²) in [5.74, 6) is -1.40. The largest absolute Gasteiger partial charge is 0.497 e. The average Bonchev–Trinajstić information content (AvgIpc) is 2.65. The molecule has 0 radical (unpaired) electrons. The van der Waals surface area contributed by atoms with Gasteiger partial charge in [0, 0.05) is 23.7 Å². The van der Waals surface area contributed by atoms with Crippen LogP contribution in [0.15, 0.2) is 47.6 Å². The first-order valence-electron chi connectivity index (χ1n) is 7.16. The number of rotatable bonds is 5. The molecule has 0 aromatic heterocycles. The average molecular weight is 345 g/mol. The number of ether oxygens (including phenoxy) is 1. The summed E-state index contributed by atoms with van der Waals surface area (Å²) in [4.78, 5) is 23.5. The molecule has 0 aliphatic heterocycles. The number of hydrazone groups is 1. The van der Waals surface area contributed by atoms with Crippen LogP contribution in [0.25, 0.3) is 0 Å². The van der Waals surface area contributed by atoms with Crippen molar-refractivity contribution in [1.82, 2.24) is 10.5 Å². The molecule has 0 bridgehead atoms. The highest BCUT2D eigenvalue weighted by atomic mass is 19.1. The first-order valence-corrected chi connectivity index (χ1v) is 7.16. The van der Waals surface area contributed by atoms with Gasteiger partial charge in [0.2, 0.25) is 0 Å². The molecule has 2 aromatic rings. The van der Waals surface area contributed by atoms with Crippen LogP contribution >= 0.6 is 0 Å². The van der Waals surface area contributed by atoms with E-state index in [9.17, 15) is 14.0 Å². The molecule has 7 nitrogen and oxygen atoms in total. The fraction of sp³-hybridized carbons (Fsp3) is 0.118. The van der Waals surface area contributed by atoms with Gasteiger partial charge in [0.25, 0.3) is 11.8 Å². The molecule has 25 heavy (non-hydrogen) atoms. The minimum absolute atomic E-state index is 0.0436. The maximum atomic E-state index is 13.9. The molecule has 0 aliphatic rings. The standard InChI is InChI=1S/C17H16FN3O4/c1-21(17(23)12-4-3-5-14(8-12)25-2)19-10-13-7-6-11(9-15(13)18)16(22)20-24/h3-10,24H,1-2H3,(H,20,22)/b19-10+. The summed E-state index contributed by atoms with van der Waals surface area (Å²) in [5, 5.41) is 13.5. The summed E-state index contributed by atoms with van der Waals surface area (Å²) >= 11 is 0. The van der Waals surface area contributed by atoms with Crippen LogP contribution in [0.4, 0.5) is 4.39 Å². The van der Waals surface area contributed by atoms with E-state index in [0.717, 1.165) is 17.3 Å². The molecule has 8 heteroatoms. The van der Waals surface area contributed by atoms with Crippen LogP contribution in [0, 0.1) is 5.82 Å². The Labute approximate surface area is 143 Å². The van der Waals surface area contributed by atoms with Crippen LogP contribution in [0.2, 0.25) is 0 Å². The SMILES string of the molecule is COc1cccc(C(=O)N(C)/N=C/c2ccc(C(=O)NO)cc2F)c1. The Morgan fingerprint density at radius 3 is 2.64 bits per heavy atom. The van der Waals surface area contributed by atoms with Gasteiger partial charge in [-0.2, -0.15) is 5.10 Å². The summed E-state index contributed by atoms with van der Waals surface area (Å²) in [6.45, 7) is 0. The van der Waals surface area contributed by atoms with Crippen LogP contribution in [0.5, 0.6) is 5.75 Å². The van der Waals surface area contributed by atoms with Gasteiger partial charge in [0.05, 0.1) is 13.3 Å². The molecule has 2 aromatic carbocycles. The molecule has 0 saturated heterocycles. The fourth-order valence-corrected chi connectivity index (χ4v) is 1.98. The molecule has 2 N–H and O–H groups in total. The van der Waals surface area contributed by atoms with Gasteiger partial charge < -0.3 is 4.74 Å². The maximum Gasteiger partial charge on any atom is 0.274 e. The van der Waals surface area contributed by atoms with E-state index in [1.165, 1.54) is 31.8 Å². The monoisotopic (exact) mass is 345 g/mol. The van der Waals surface area contributed by atoms with Crippen molar-refractivity contribution in [3.05, 3.63) is 65.0 Å². The normalized spacial score (nSPS) is 10.6. The third kappa shape index (κ3) is 4.39. The molecule has 2 rings (SSSR count). The Hall–Kier alpha value is -3.26. The maximum absolute atomic E-state index is 13.9. The number of benzene rings is 2. The number of hydrogen-bond acceptors (Lipinski definition) is 5. The van der Waals surface area contributed by atoms with Crippen molar-refractivity contribution in [3.63, 3.8) is 0 Å². The summed E-state index contributed by atoms with van der Waals surface area (Å²) in [6, 6.07) is 10.1. The Kier molecular flexibility index (Phi) is 5.80. The number of hydroxylamine groups is 1. The van der Waals surface area contributed by atoms with Crippen LogP contribution in [0.1, 0.15) is 26.3 Å². The summed E-state index contributed by atoms with van der Waals surface area (Å²) < 4.78 is 19.0. The predicted molar refractivity (Wildman–Crippen MR) is 88.3 cm³/mol. The Balaban J connectivity index is 2.15.